The van der Waals surface area contributed by atoms with Crippen molar-refractivity contribution in [1.82, 2.24) is 19.3 Å². The number of anilines is 1. The van der Waals surface area contributed by atoms with E-state index in [1.807, 2.05) is 0 Å². The van der Waals surface area contributed by atoms with Gasteiger partial charge in [-0.15, -0.1) is 0 Å². The number of sulfonamides is 1. The van der Waals surface area contributed by atoms with Gasteiger partial charge in [-0.2, -0.15) is 17.5 Å². The molecule has 1 aliphatic rings. The van der Waals surface area contributed by atoms with E-state index in [0.29, 0.717) is 11.0 Å². The van der Waals surface area contributed by atoms with Gasteiger partial charge in [0.05, 0.1) is 10.6 Å². The Morgan fingerprint density at radius 2 is 1.86 bits per heavy atom. The standard InChI is InChI=1S/C17H15ClF3N5O2S/c18-13-8-11(17(19,20)21)9-24-16(13)25-4-6-26(7-5-25)29(27,28)14-10-23-15-12(14)2-1-3-22-15/h1-3,8-10H,4-7H2,(H,22,23). The number of rotatable bonds is 3. The van der Waals surface area contributed by atoms with Crippen LogP contribution in [0.3, 0.4) is 0 Å². The minimum absolute atomic E-state index is 0.126. The number of hydrogen-bond donors (Lipinski definition) is 1. The minimum atomic E-state index is -4.53. The SMILES string of the molecule is O=S(=O)(c1c[nH]c2ncccc12)N1CCN(c2ncc(C(F)(F)F)cc2Cl)CC1. The highest BCUT2D eigenvalue weighted by Gasteiger charge is 2.34. The van der Waals surface area contributed by atoms with Crippen molar-refractivity contribution in [3.05, 3.63) is 47.4 Å². The Labute approximate surface area is 169 Å². The van der Waals surface area contributed by atoms with E-state index in [9.17, 15) is 21.6 Å². The smallest absolute Gasteiger partial charge is 0.353 e. The number of alkyl halides is 3. The molecule has 0 aliphatic carbocycles. The lowest BCUT2D eigenvalue weighted by Crippen LogP contribution is -2.49. The summed E-state index contributed by atoms with van der Waals surface area (Å²) in [4.78, 5) is 12.6. The Bertz CT molecular complexity index is 1160. The summed E-state index contributed by atoms with van der Waals surface area (Å²) in [5.41, 5.74) is -0.453. The second kappa shape index (κ2) is 7.15. The van der Waals surface area contributed by atoms with Gasteiger partial charge in [0.15, 0.2) is 0 Å². The molecule has 12 heteroatoms. The van der Waals surface area contributed by atoms with Gasteiger partial charge in [0.25, 0.3) is 0 Å². The van der Waals surface area contributed by atoms with Crippen molar-refractivity contribution in [3.63, 3.8) is 0 Å². The molecule has 29 heavy (non-hydrogen) atoms. The molecule has 7 nitrogen and oxygen atoms in total. The Hall–Kier alpha value is -2.37. The lowest BCUT2D eigenvalue weighted by molar-refractivity contribution is -0.137. The normalized spacial score (nSPS) is 16.5. The number of halogens is 4. The number of nitrogens with one attached hydrogen (secondary N) is 1. The summed E-state index contributed by atoms with van der Waals surface area (Å²) >= 11 is 5.99. The number of pyridine rings is 2. The van der Waals surface area contributed by atoms with Gasteiger partial charge in [0, 0.05) is 50.2 Å². The van der Waals surface area contributed by atoms with Crippen molar-refractivity contribution < 1.29 is 21.6 Å². The molecule has 0 spiro atoms. The van der Waals surface area contributed by atoms with Gasteiger partial charge in [-0.05, 0) is 18.2 Å². The average Bonchev–Trinajstić information content (AvgIpc) is 3.12. The second-order valence-electron chi connectivity index (χ2n) is 6.47. The second-order valence-corrected chi connectivity index (χ2v) is 8.78. The van der Waals surface area contributed by atoms with Crippen molar-refractivity contribution in [2.75, 3.05) is 31.1 Å². The van der Waals surface area contributed by atoms with E-state index in [0.717, 1.165) is 12.3 Å². The van der Waals surface area contributed by atoms with Crippen LogP contribution in [0.2, 0.25) is 5.02 Å². The molecule has 0 radical (unpaired) electrons. The predicted molar refractivity (Wildman–Crippen MR) is 101 cm³/mol. The highest BCUT2D eigenvalue weighted by Crippen LogP contribution is 2.34. The summed E-state index contributed by atoms with van der Waals surface area (Å²) < 4.78 is 65.7. The van der Waals surface area contributed by atoms with Crippen LogP contribution in [0.15, 0.2) is 41.7 Å². The minimum Gasteiger partial charge on any atom is -0.353 e. The number of aromatic nitrogens is 3. The molecule has 0 bridgehead atoms. The van der Waals surface area contributed by atoms with Crippen LogP contribution in [0.1, 0.15) is 5.56 Å². The van der Waals surface area contributed by atoms with E-state index in [1.54, 1.807) is 23.2 Å². The molecule has 3 aromatic heterocycles. The summed E-state index contributed by atoms with van der Waals surface area (Å²) in [6.45, 7) is 0.790. The predicted octanol–water partition coefficient (Wildman–Crippen LogP) is 3.14. The van der Waals surface area contributed by atoms with E-state index < -0.39 is 21.8 Å². The zero-order valence-electron chi connectivity index (χ0n) is 14.8. The van der Waals surface area contributed by atoms with Crippen LogP contribution in [0.5, 0.6) is 0 Å². The van der Waals surface area contributed by atoms with Gasteiger partial charge in [-0.3, -0.25) is 0 Å². The molecular weight excluding hydrogens is 431 g/mol. The number of nitrogens with zero attached hydrogens (tertiary/aromatic N) is 4. The summed E-state index contributed by atoms with van der Waals surface area (Å²) in [7, 11) is -3.75. The van der Waals surface area contributed by atoms with Crippen molar-refractivity contribution in [3.8, 4) is 0 Å². The first kappa shape index (κ1) is 19.9. The summed E-state index contributed by atoms with van der Waals surface area (Å²) in [5.74, 6) is 0.202. The van der Waals surface area contributed by atoms with Crippen LogP contribution in [0.4, 0.5) is 19.0 Å². The van der Waals surface area contributed by atoms with Crippen LogP contribution < -0.4 is 4.90 Å². The van der Waals surface area contributed by atoms with E-state index in [1.165, 1.54) is 10.5 Å². The van der Waals surface area contributed by atoms with Gasteiger partial charge in [-0.25, -0.2) is 18.4 Å². The third kappa shape index (κ3) is 3.65. The molecule has 4 rings (SSSR count). The maximum absolute atomic E-state index is 13.0. The Morgan fingerprint density at radius 3 is 2.52 bits per heavy atom. The van der Waals surface area contributed by atoms with E-state index >= 15 is 0 Å². The van der Waals surface area contributed by atoms with Gasteiger partial charge in [-0.1, -0.05) is 11.6 Å². The van der Waals surface area contributed by atoms with Crippen molar-refractivity contribution in [2.24, 2.45) is 0 Å². The highest BCUT2D eigenvalue weighted by molar-refractivity contribution is 7.89. The first-order valence-electron chi connectivity index (χ1n) is 8.58. The van der Waals surface area contributed by atoms with Crippen LogP contribution >= 0.6 is 11.6 Å². The monoisotopic (exact) mass is 445 g/mol. The number of fused-ring (bicyclic) bond motifs is 1. The zero-order chi connectivity index (χ0) is 20.8. The Morgan fingerprint density at radius 1 is 1.14 bits per heavy atom. The zero-order valence-corrected chi connectivity index (χ0v) is 16.4. The van der Waals surface area contributed by atoms with Crippen LogP contribution in [0.25, 0.3) is 11.0 Å². The molecule has 1 aliphatic heterocycles. The molecule has 0 aromatic carbocycles. The highest BCUT2D eigenvalue weighted by atomic mass is 35.5. The van der Waals surface area contributed by atoms with Crippen molar-refractivity contribution in [2.45, 2.75) is 11.1 Å². The quantitative estimate of drug-likeness (QED) is 0.669. The fourth-order valence-corrected chi connectivity index (χ4v) is 5.10. The largest absolute Gasteiger partial charge is 0.417 e. The van der Waals surface area contributed by atoms with Gasteiger partial charge in [0.2, 0.25) is 10.0 Å². The van der Waals surface area contributed by atoms with Gasteiger partial charge < -0.3 is 9.88 Å². The molecule has 1 saturated heterocycles. The van der Waals surface area contributed by atoms with Crippen molar-refractivity contribution in [1.29, 1.82) is 0 Å². The molecule has 0 amide bonds. The van der Waals surface area contributed by atoms with Gasteiger partial charge in [0.1, 0.15) is 16.4 Å². The Balaban J connectivity index is 1.52. The first-order valence-corrected chi connectivity index (χ1v) is 10.4. The summed E-state index contributed by atoms with van der Waals surface area (Å²) in [6.07, 6.45) is -0.831. The van der Waals surface area contributed by atoms with Gasteiger partial charge >= 0.3 is 6.18 Å². The van der Waals surface area contributed by atoms with Crippen molar-refractivity contribution >= 4 is 38.5 Å². The molecule has 154 valence electrons. The number of hydrogen-bond acceptors (Lipinski definition) is 5. The molecule has 0 atom stereocenters. The Kier molecular flexibility index (Phi) is 4.91. The summed E-state index contributed by atoms with van der Waals surface area (Å²) in [6, 6.07) is 4.16. The van der Waals surface area contributed by atoms with E-state index in [2.05, 4.69) is 15.0 Å². The molecule has 3 aromatic rings. The third-order valence-corrected chi connectivity index (χ3v) is 6.93. The molecule has 0 saturated carbocycles. The fraction of sp³-hybridized carbons (Fsp3) is 0.294. The molecular formula is C17H15ClF3N5O2S. The average molecular weight is 446 g/mol. The van der Waals surface area contributed by atoms with E-state index in [-0.39, 0.29) is 41.9 Å². The fourth-order valence-electron chi connectivity index (χ4n) is 3.24. The maximum atomic E-state index is 13.0. The lowest BCUT2D eigenvalue weighted by atomic mass is 10.2. The number of H-pyrrole nitrogens is 1. The topological polar surface area (TPSA) is 82.2 Å². The van der Waals surface area contributed by atoms with Crippen LogP contribution in [-0.4, -0.2) is 53.9 Å². The molecule has 1 N–H and O–H groups in total. The van der Waals surface area contributed by atoms with Crippen LogP contribution in [-0.2, 0) is 16.2 Å². The van der Waals surface area contributed by atoms with Crippen LogP contribution in [0, 0.1) is 0 Å². The number of aromatic amines is 1. The number of piperazine rings is 1. The summed E-state index contributed by atoms with van der Waals surface area (Å²) in [5, 5.41) is 0.376. The lowest BCUT2D eigenvalue weighted by Gasteiger charge is -2.35. The first-order chi connectivity index (χ1) is 13.7. The molecule has 1 fully saturated rings. The van der Waals surface area contributed by atoms with E-state index in [4.69, 9.17) is 11.6 Å². The maximum Gasteiger partial charge on any atom is 0.417 e. The molecule has 4 heterocycles. The third-order valence-electron chi connectivity index (χ3n) is 4.72. The molecule has 0 unspecified atom stereocenters.